The fraction of sp³-hybridized carbons (Fsp3) is 0.500. The number of amides is 1. The number of ether oxygens (including phenoxy) is 1. The summed E-state index contributed by atoms with van der Waals surface area (Å²) < 4.78 is 27.4. The van der Waals surface area contributed by atoms with Crippen LogP contribution in [0.2, 0.25) is 0 Å². The normalized spacial score (nSPS) is 19.9. The Kier molecular flexibility index (Phi) is 3.69. The zero-order valence-electron chi connectivity index (χ0n) is 9.68. The van der Waals surface area contributed by atoms with Crippen molar-refractivity contribution in [2.45, 2.75) is 23.8 Å². The molecule has 0 bridgehead atoms. The lowest BCUT2D eigenvalue weighted by Crippen LogP contribution is -2.31. The molecule has 0 aromatic carbocycles. The molecular weight excluding hydrogens is 258 g/mol. The molecule has 100 valence electrons. The van der Waals surface area contributed by atoms with Crippen molar-refractivity contribution >= 4 is 15.9 Å². The Morgan fingerprint density at radius 1 is 1.61 bits per heavy atom. The van der Waals surface area contributed by atoms with Crippen LogP contribution in [0, 0.1) is 0 Å². The molecule has 1 aliphatic rings. The summed E-state index contributed by atoms with van der Waals surface area (Å²) in [4.78, 5) is 14.2. The molecule has 1 unspecified atom stereocenters. The van der Waals surface area contributed by atoms with Crippen LogP contribution in [0.1, 0.15) is 23.3 Å². The Morgan fingerprint density at radius 3 is 2.94 bits per heavy atom. The monoisotopic (exact) mass is 273 g/mol. The minimum absolute atomic E-state index is 0.0432. The average Bonchev–Trinajstić information content (AvgIpc) is 2.96. The van der Waals surface area contributed by atoms with Crippen LogP contribution in [0.15, 0.2) is 17.2 Å². The molecule has 1 atom stereocenters. The molecule has 0 spiro atoms. The van der Waals surface area contributed by atoms with Gasteiger partial charge in [0.15, 0.2) is 0 Å². The average molecular weight is 273 g/mol. The fourth-order valence-electron chi connectivity index (χ4n) is 1.78. The second-order valence-electron chi connectivity index (χ2n) is 4.14. The van der Waals surface area contributed by atoms with E-state index in [1.54, 1.807) is 0 Å². The van der Waals surface area contributed by atoms with Crippen LogP contribution in [-0.4, -0.2) is 38.6 Å². The van der Waals surface area contributed by atoms with Gasteiger partial charge in [0.05, 0.1) is 11.0 Å². The SMILES string of the molecule is NS(=O)(=O)c1c[nH]c(C(=O)NCC2CCCO2)c1. The zero-order chi connectivity index (χ0) is 13.2. The first-order chi connectivity index (χ1) is 8.47. The van der Waals surface area contributed by atoms with Crippen molar-refractivity contribution in [2.24, 2.45) is 5.14 Å². The summed E-state index contributed by atoms with van der Waals surface area (Å²) >= 11 is 0. The van der Waals surface area contributed by atoms with Crippen LogP contribution < -0.4 is 10.5 Å². The van der Waals surface area contributed by atoms with E-state index in [-0.39, 0.29) is 22.6 Å². The largest absolute Gasteiger partial charge is 0.376 e. The lowest BCUT2D eigenvalue weighted by molar-refractivity contribution is 0.0854. The van der Waals surface area contributed by atoms with Crippen LogP contribution >= 0.6 is 0 Å². The maximum atomic E-state index is 11.7. The second-order valence-corrected chi connectivity index (χ2v) is 5.70. The Bertz CT molecular complexity index is 531. The molecule has 2 rings (SSSR count). The maximum absolute atomic E-state index is 11.7. The van der Waals surface area contributed by atoms with Gasteiger partial charge in [-0.1, -0.05) is 0 Å². The van der Waals surface area contributed by atoms with Gasteiger partial charge < -0.3 is 15.0 Å². The molecule has 1 fully saturated rings. The minimum atomic E-state index is -3.78. The summed E-state index contributed by atoms with van der Waals surface area (Å²) in [5.74, 6) is -0.375. The summed E-state index contributed by atoms with van der Waals surface area (Å²) in [6.07, 6.45) is 3.16. The Hall–Kier alpha value is -1.38. The summed E-state index contributed by atoms with van der Waals surface area (Å²) in [5.41, 5.74) is 0.164. The quantitative estimate of drug-likeness (QED) is 0.690. The third-order valence-corrected chi connectivity index (χ3v) is 3.64. The third-order valence-electron chi connectivity index (χ3n) is 2.74. The van der Waals surface area contributed by atoms with E-state index in [0.717, 1.165) is 19.4 Å². The molecule has 1 aliphatic heterocycles. The number of carbonyl (C=O) groups is 1. The molecule has 18 heavy (non-hydrogen) atoms. The molecule has 1 aromatic rings. The molecule has 0 aliphatic carbocycles. The van der Waals surface area contributed by atoms with E-state index < -0.39 is 10.0 Å². The van der Waals surface area contributed by atoms with Crippen molar-refractivity contribution in [3.63, 3.8) is 0 Å². The highest BCUT2D eigenvalue weighted by atomic mass is 32.2. The first kappa shape index (κ1) is 13.1. The number of aromatic nitrogens is 1. The predicted octanol–water partition coefficient (Wildman–Crippen LogP) is -0.429. The maximum Gasteiger partial charge on any atom is 0.267 e. The van der Waals surface area contributed by atoms with Gasteiger partial charge in [0, 0.05) is 19.3 Å². The number of carbonyl (C=O) groups excluding carboxylic acids is 1. The molecule has 7 nitrogen and oxygen atoms in total. The molecule has 4 N–H and O–H groups in total. The highest BCUT2D eigenvalue weighted by Crippen LogP contribution is 2.11. The number of hydrogen-bond acceptors (Lipinski definition) is 4. The molecule has 8 heteroatoms. The van der Waals surface area contributed by atoms with Crippen LogP contribution in [0.5, 0.6) is 0 Å². The highest BCUT2D eigenvalue weighted by Gasteiger charge is 2.18. The zero-order valence-corrected chi connectivity index (χ0v) is 10.5. The summed E-state index contributed by atoms with van der Waals surface area (Å²) in [5, 5.41) is 7.62. The van der Waals surface area contributed by atoms with E-state index in [0.29, 0.717) is 6.54 Å². The molecule has 1 saturated heterocycles. The number of aromatic amines is 1. The fourth-order valence-corrected chi connectivity index (χ4v) is 2.28. The molecule has 0 saturated carbocycles. The number of nitrogens with two attached hydrogens (primary N) is 1. The summed E-state index contributed by atoms with van der Waals surface area (Å²) in [6.45, 7) is 1.14. The number of nitrogens with one attached hydrogen (secondary N) is 2. The van der Waals surface area contributed by atoms with E-state index in [9.17, 15) is 13.2 Å². The van der Waals surface area contributed by atoms with Crippen molar-refractivity contribution in [3.05, 3.63) is 18.0 Å². The number of sulfonamides is 1. The highest BCUT2D eigenvalue weighted by molar-refractivity contribution is 7.89. The van der Waals surface area contributed by atoms with Gasteiger partial charge in [0.25, 0.3) is 5.91 Å². The smallest absolute Gasteiger partial charge is 0.267 e. The van der Waals surface area contributed by atoms with Gasteiger partial charge in [0.1, 0.15) is 5.69 Å². The van der Waals surface area contributed by atoms with Gasteiger partial charge in [-0.05, 0) is 18.9 Å². The Labute approximate surface area is 105 Å². The van der Waals surface area contributed by atoms with Gasteiger partial charge >= 0.3 is 0 Å². The van der Waals surface area contributed by atoms with Crippen LogP contribution in [0.3, 0.4) is 0 Å². The van der Waals surface area contributed by atoms with Crippen LogP contribution in [0.4, 0.5) is 0 Å². The topological polar surface area (TPSA) is 114 Å². The summed E-state index contributed by atoms with van der Waals surface area (Å²) in [7, 11) is -3.78. The lowest BCUT2D eigenvalue weighted by atomic mass is 10.2. The Balaban J connectivity index is 1.94. The van der Waals surface area contributed by atoms with Crippen molar-refractivity contribution < 1.29 is 17.9 Å². The van der Waals surface area contributed by atoms with E-state index in [4.69, 9.17) is 9.88 Å². The number of hydrogen-bond donors (Lipinski definition) is 3. The van der Waals surface area contributed by atoms with E-state index in [2.05, 4.69) is 10.3 Å². The van der Waals surface area contributed by atoms with Gasteiger partial charge in [-0.3, -0.25) is 4.79 Å². The Morgan fingerprint density at radius 2 is 2.39 bits per heavy atom. The second kappa shape index (κ2) is 5.09. The molecule has 0 radical (unpaired) electrons. The number of rotatable bonds is 4. The van der Waals surface area contributed by atoms with Gasteiger partial charge in [-0.25, -0.2) is 13.6 Å². The molecule has 1 aromatic heterocycles. The van der Waals surface area contributed by atoms with Crippen molar-refractivity contribution in [2.75, 3.05) is 13.2 Å². The van der Waals surface area contributed by atoms with Crippen LogP contribution in [-0.2, 0) is 14.8 Å². The van der Waals surface area contributed by atoms with E-state index in [1.165, 1.54) is 12.3 Å². The molecule has 2 heterocycles. The molecular formula is C10H15N3O4S. The van der Waals surface area contributed by atoms with Crippen molar-refractivity contribution in [1.29, 1.82) is 0 Å². The minimum Gasteiger partial charge on any atom is -0.376 e. The standard InChI is InChI=1S/C10H15N3O4S/c11-18(15,16)8-4-9(12-6-8)10(14)13-5-7-2-1-3-17-7/h4,6-7,12H,1-3,5H2,(H,13,14)(H2,11,15,16). The summed E-state index contributed by atoms with van der Waals surface area (Å²) in [6, 6.07) is 1.21. The van der Waals surface area contributed by atoms with Gasteiger partial charge in [-0.2, -0.15) is 0 Å². The number of primary sulfonamides is 1. The molecule has 1 amide bonds. The van der Waals surface area contributed by atoms with Crippen molar-refractivity contribution in [1.82, 2.24) is 10.3 Å². The number of H-pyrrole nitrogens is 1. The predicted molar refractivity (Wildman–Crippen MR) is 63.5 cm³/mol. The van der Waals surface area contributed by atoms with Crippen molar-refractivity contribution in [3.8, 4) is 0 Å². The van der Waals surface area contributed by atoms with Gasteiger partial charge in [0.2, 0.25) is 10.0 Å². The van der Waals surface area contributed by atoms with Crippen LogP contribution in [0.25, 0.3) is 0 Å². The first-order valence-electron chi connectivity index (χ1n) is 5.58. The van der Waals surface area contributed by atoms with Gasteiger partial charge in [-0.15, -0.1) is 0 Å². The van der Waals surface area contributed by atoms with E-state index >= 15 is 0 Å². The lowest BCUT2D eigenvalue weighted by Gasteiger charge is -2.09. The first-order valence-corrected chi connectivity index (χ1v) is 7.12. The third kappa shape index (κ3) is 3.09. The van der Waals surface area contributed by atoms with E-state index in [1.807, 2.05) is 0 Å².